The normalized spacial score (nSPS) is 11.3. The maximum atomic E-state index is 14.4. The molecule has 0 saturated carbocycles. The lowest BCUT2D eigenvalue weighted by atomic mass is 10.1. The molecule has 0 saturated heterocycles. The lowest BCUT2D eigenvalue weighted by Crippen LogP contribution is -2.33. The smallest absolute Gasteiger partial charge is 0.260 e. The summed E-state index contributed by atoms with van der Waals surface area (Å²) in [7, 11) is -4.02. The van der Waals surface area contributed by atoms with Crippen molar-refractivity contribution in [3.63, 3.8) is 0 Å². The highest BCUT2D eigenvalue weighted by Crippen LogP contribution is 2.33. The van der Waals surface area contributed by atoms with E-state index >= 15 is 0 Å². The number of benzene rings is 3. The van der Waals surface area contributed by atoms with Gasteiger partial charge in [0.15, 0.2) is 10.9 Å². The zero-order chi connectivity index (χ0) is 28.0. The molecule has 0 aliphatic carbocycles. The topological polar surface area (TPSA) is 118 Å². The molecule has 12 heteroatoms. The number of amides is 1. The Morgan fingerprint density at radius 1 is 0.949 bits per heavy atom. The van der Waals surface area contributed by atoms with E-state index < -0.39 is 27.6 Å². The minimum atomic E-state index is -4.02. The van der Waals surface area contributed by atoms with Crippen LogP contribution in [0, 0.1) is 34.3 Å². The number of nitriles is 2. The quantitative estimate of drug-likeness (QED) is 0.260. The summed E-state index contributed by atoms with van der Waals surface area (Å²) in [4.78, 5) is 19.1. The fourth-order valence-corrected chi connectivity index (χ4v) is 6.27. The highest BCUT2D eigenvalue weighted by atomic mass is 32.2. The largest absolute Gasteiger partial charge is 0.279 e. The molecule has 39 heavy (non-hydrogen) atoms. The molecule has 0 bridgehead atoms. The van der Waals surface area contributed by atoms with Crippen LogP contribution in [-0.2, 0) is 16.6 Å². The molecule has 1 aromatic heterocycles. The summed E-state index contributed by atoms with van der Waals surface area (Å²) < 4.78 is 55.7. The van der Waals surface area contributed by atoms with Crippen molar-refractivity contribution in [1.82, 2.24) is 9.29 Å². The molecule has 8 nitrogen and oxygen atoms in total. The molecule has 4 rings (SSSR count). The number of rotatable bonds is 10. The third-order valence-corrected chi connectivity index (χ3v) is 8.68. The first-order valence-electron chi connectivity index (χ1n) is 11.7. The SMILES string of the molecule is N#CCCN(CCC#N)S(=O)(=O)c1ccc(C(=O)N(Cc2ccccc2)c2nc3c(F)cc(F)cc3s2)cc1. The minimum Gasteiger partial charge on any atom is -0.279 e. The Bertz CT molecular complexity index is 1660. The van der Waals surface area contributed by atoms with Crippen LogP contribution in [0.1, 0.15) is 28.8 Å². The van der Waals surface area contributed by atoms with Gasteiger partial charge < -0.3 is 0 Å². The van der Waals surface area contributed by atoms with Gasteiger partial charge in [-0.3, -0.25) is 9.69 Å². The number of nitrogens with zero attached hydrogens (tertiary/aromatic N) is 5. The third-order valence-electron chi connectivity index (χ3n) is 5.75. The van der Waals surface area contributed by atoms with Crippen LogP contribution in [0.4, 0.5) is 13.9 Å². The molecule has 0 fully saturated rings. The average molecular weight is 566 g/mol. The maximum absolute atomic E-state index is 14.4. The van der Waals surface area contributed by atoms with Crippen molar-refractivity contribution < 1.29 is 22.0 Å². The van der Waals surface area contributed by atoms with Gasteiger partial charge in [0, 0.05) is 37.6 Å². The summed E-state index contributed by atoms with van der Waals surface area (Å²) in [5.74, 6) is -2.12. The van der Waals surface area contributed by atoms with E-state index in [1.54, 1.807) is 24.3 Å². The minimum absolute atomic E-state index is 0.0394. The molecule has 0 spiro atoms. The van der Waals surface area contributed by atoms with Crippen molar-refractivity contribution in [2.75, 3.05) is 18.0 Å². The first-order chi connectivity index (χ1) is 18.7. The number of thiazole rings is 1. The zero-order valence-electron chi connectivity index (χ0n) is 20.4. The van der Waals surface area contributed by atoms with Crippen molar-refractivity contribution in [2.45, 2.75) is 24.3 Å². The Labute approximate surface area is 228 Å². The van der Waals surface area contributed by atoms with Crippen LogP contribution in [0.15, 0.2) is 71.6 Å². The second kappa shape index (κ2) is 12.1. The molecule has 0 aliphatic rings. The van der Waals surface area contributed by atoms with Crippen molar-refractivity contribution in [2.24, 2.45) is 0 Å². The van der Waals surface area contributed by atoms with Crippen LogP contribution in [-0.4, -0.2) is 36.7 Å². The molecule has 4 aromatic rings. The standard InChI is InChI=1S/C27H21F2N5O3S2/c28-21-16-23(29)25-24(17-21)38-27(32-25)34(18-19-6-2-1-3-7-19)26(35)20-8-10-22(11-9-20)39(36,37)33(14-4-12-30)15-5-13-31/h1-3,6-11,16-17H,4-5,14-15,18H2. The molecule has 1 heterocycles. The molecular weight excluding hydrogens is 544 g/mol. The van der Waals surface area contributed by atoms with Crippen molar-refractivity contribution >= 4 is 42.6 Å². The molecule has 0 aliphatic heterocycles. The van der Waals surface area contributed by atoms with Gasteiger partial charge in [-0.15, -0.1) is 0 Å². The number of hydrogen-bond donors (Lipinski definition) is 0. The number of carbonyl (C=O) groups is 1. The van der Waals surface area contributed by atoms with Crippen LogP contribution in [0.3, 0.4) is 0 Å². The van der Waals surface area contributed by atoms with Gasteiger partial charge in [-0.05, 0) is 35.9 Å². The molecule has 0 N–H and O–H groups in total. The average Bonchev–Trinajstić information content (AvgIpc) is 3.36. The van der Waals surface area contributed by atoms with E-state index in [2.05, 4.69) is 4.98 Å². The molecule has 198 valence electrons. The van der Waals surface area contributed by atoms with Gasteiger partial charge in [-0.2, -0.15) is 14.8 Å². The van der Waals surface area contributed by atoms with Gasteiger partial charge in [-0.1, -0.05) is 41.7 Å². The highest BCUT2D eigenvalue weighted by Gasteiger charge is 2.26. The number of halogens is 2. The summed E-state index contributed by atoms with van der Waals surface area (Å²) in [6.07, 6.45) is -0.0787. The Hall–Kier alpha value is -4.23. The summed E-state index contributed by atoms with van der Waals surface area (Å²) >= 11 is 0.961. The molecule has 1 amide bonds. The second-order valence-electron chi connectivity index (χ2n) is 8.35. The lowest BCUT2D eigenvalue weighted by Gasteiger charge is -2.21. The van der Waals surface area contributed by atoms with Gasteiger partial charge in [0.25, 0.3) is 5.91 Å². The first-order valence-corrected chi connectivity index (χ1v) is 14.0. The van der Waals surface area contributed by atoms with Gasteiger partial charge in [-0.25, -0.2) is 22.2 Å². The van der Waals surface area contributed by atoms with Gasteiger partial charge in [0.05, 0.1) is 28.3 Å². The van der Waals surface area contributed by atoms with E-state index in [4.69, 9.17) is 10.5 Å². The van der Waals surface area contributed by atoms with Crippen LogP contribution in [0.25, 0.3) is 10.2 Å². The van der Waals surface area contributed by atoms with Crippen molar-refractivity contribution in [3.05, 3.63) is 89.5 Å². The third kappa shape index (κ3) is 6.26. The predicted molar refractivity (Wildman–Crippen MR) is 142 cm³/mol. The fourth-order valence-electron chi connectivity index (χ4n) is 3.83. The highest BCUT2D eigenvalue weighted by molar-refractivity contribution is 7.89. The first kappa shape index (κ1) is 27.8. The monoisotopic (exact) mass is 565 g/mol. The Morgan fingerprint density at radius 3 is 2.21 bits per heavy atom. The number of sulfonamides is 1. The van der Waals surface area contributed by atoms with Crippen molar-refractivity contribution in [1.29, 1.82) is 10.5 Å². The van der Waals surface area contributed by atoms with Crippen molar-refractivity contribution in [3.8, 4) is 12.1 Å². The van der Waals surface area contributed by atoms with E-state index in [1.807, 2.05) is 18.2 Å². The lowest BCUT2D eigenvalue weighted by molar-refractivity contribution is 0.0985. The number of carbonyl (C=O) groups excluding carboxylic acids is 1. The fraction of sp³-hybridized carbons (Fsp3) is 0.185. The summed E-state index contributed by atoms with van der Waals surface area (Å²) in [5.41, 5.74) is 0.858. The number of fused-ring (bicyclic) bond motifs is 1. The second-order valence-corrected chi connectivity index (χ2v) is 11.3. The zero-order valence-corrected chi connectivity index (χ0v) is 22.1. The van der Waals surface area contributed by atoms with Gasteiger partial charge in [0.1, 0.15) is 11.3 Å². The van der Waals surface area contributed by atoms with Crippen LogP contribution in [0.2, 0.25) is 0 Å². The molecule has 3 aromatic carbocycles. The van der Waals surface area contributed by atoms with E-state index in [0.717, 1.165) is 33.3 Å². The molecule has 0 atom stereocenters. The molecule has 0 unspecified atom stereocenters. The Morgan fingerprint density at radius 2 is 1.59 bits per heavy atom. The van der Waals surface area contributed by atoms with E-state index in [1.165, 1.54) is 29.2 Å². The van der Waals surface area contributed by atoms with Gasteiger partial charge >= 0.3 is 0 Å². The number of hydrogen-bond acceptors (Lipinski definition) is 7. The van der Waals surface area contributed by atoms with Crippen LogP contribution >= 0.6 is 11.3 Å². The van der Waals surface area contributed by atoms with E-state index in [0.29, 0.717) is 0 Å². The van der Waals surface area contributed by atoms with E-state index in [-0.39, 0.29) is 58.3 Å². The number of aromatic nitrogens is 1. The molecular formula is C27H21F2N5O3S2. The molecule has 0 radical (unpaired) electrons. The number of anilines is 1. The van der Waals surface area contributed by atoms with Crippen LogP contribution < -0.4 is 4.90 Å². The Balaban J connectivity index is 1.68. The Kier molecular flexibility index (Phi) is 8.62. The summed E-state index contributed by atoms with van der Waals surface area (Å²) in [6, 6.07) is 20.0. The predicted octanol–water partition coefficient (Wildman–Crippen LogP) is 5.24. The summed E-state index contributed by atoms with van der Waals surface area (Å²) in [5, 5.41) is 17.9. The van der Waals surface area contributed by atoms with E-state index in [9.17, 15) is 22.0 Å². The van der Waals surface area contributed by atoms with Crippen LogP contribution in [0.5, 0.6) is 0 Å². The maximum Gasteiger partial charge on any atom is 0.260 e. The van der Waals surface area contributed by atoms with Gasteiger partial charge in [0.2, 0.25) is 10.0 Å². The summed E-state index contributed by atoms with van der Waals surface area (Å²) in [6.45, 7) is -0.0542.